The molecule has 5 nitrogen and oxygen atoms in total. The van der Waals surface area contributed by atoms with E-state index in [1.165, 1.54) is 0 Å². The lowest BCUT2D eigenvalue weighted by Gasteiger charge is -2.19. The van der Waals surface area contributed by atoms with E-state index in [1.54, 1.807) is 6.07 Å². The van der Waals surface area contributed by atoms with Crippen LogP contribution in [0.3, 0.4) is 0 Å². The molecular formula is C21H24N2O3. The van der Waals surface area contributed by atoms with Crippen molar-refractivity contribution >= 4 is 6.09 Å². The van der Waals surface area contributed by atoms with Crippen LogP contribution in [0.4, 0.5) is 4.79 Å². The van der Waals surface area contributed by atoms with Crippen molar-refractivity contribution < 1.29 is 14.3 Å². The maximum absolute atomic E-state index is 11.6. The summed E-state index contributed by atoms with van der Waals surface area (Å²) < 4.78 is 10.9. The number of carbonyl (C=O) groups excluding carboxylic acids is 1. The van der Waals surface area contributed by atoms with Gasteiger partial charge in [-0.2, -0.15) is 5.26 Å². The van der Waals surface area contributed by atoms with E-state index in [2.05, 4.69) is 11.4 Å². The molecule has 1 amide bonds. The Morgan fingerprint density at radius 2 is 1.81 bits per heavy atom. The van der Waals surface area contributed by atoms with E-state index >= 15 is 0 Å². The van der Waals surface area contributed by atoms with Crippen molar-refractivity contribution in [1.82, 2.24) is 5.32 Å². The van der Waals surface area contributed by atoms with Crippen LogP contribution in [0.2, 0.25) is 0 Å². The predicted molar refractivity (Wildman–Crippen MR) is 99.9 cm³/mol. The maximum Gasteiger partial charge on any atom is 0.407 e. The van der Waals surface area contributed by atoms with Crippen LogP contribution in [0, 0.1) is 11.3 Å². The molecule has 0 saturated carbocycles. The molecule has 0 saturated heterocycles. The first-order chi connectivity index (χ1) is 12.4. The highest BCUT2D eigenvalue weighted by Gasteiger charge is 2.15. The number of nitrogens with one attached hydrogen (secondary N) is 1. The molecule has 0 bridgehead atoms. The second-order valence-electron chi connectivity index (χ2n) is 6.88. The first-order valence-corrected chi connectivity index (χ1v) is 8.54. The van der Waals surface area contributed by atoms with Crippen LogP contribution in [-0.2, 0) is 17.8 Å². The van der Waals surface area contributed by atoms with Gasteiger partial charge in [0.15, 0.2) is 0 Å². The molecule has 26 heavy (non-hydrogen) atoms. The highest BCUT2D eigenvalue weighted by molar-refractivity contribution is 5.67. The van der Waals surface area contributed by atoms with E-state index in [4.69, 9.17) is 14.7 Å². The lowest BCUT2D eigenvalue weighted by molar-refractivity contribution is 0.0528. The molecule has 2 rings (SSSR count). The molecule has 0 unspecified atom stereocenters. The summed E-state index contributed by atoms with van der Waals surface area (Å²) in [5, 5.41) is 11.8. The van der Waals surface area contributed by atoms with Crippen molar-refractivity contribution in [3.63, 3.8) is 0 Å². The van der Waals surface area contributed by atoms with Gasteiger partial charge in [-0.05, 0) is 51.0 Å². The van der Waals surface area contributed by atoms with E-state index in [9.17, 15) is 4.79 Å². The van der Waals surface area contributed by atoms with Crippen molar-refractivity contribution in [2.45, 2.75) is 39.4 Å². The number of ether oxygens (including phenoxy) is 2. The molecule has 5 heteroatoms. The van der Waals surface area contributed by atoms with E-state index in [1.807, 2.05) is 63.2 Å². The number of rotatable bonds is 6. The van der Waals surface area contributed by atoms with Gasteiger partial charge in [-0.1, -0.05) is 30.3 Å². The highest BCUT2D eigenvalue weighted by atomic mass is 16.6. The molecule has 0 aliphatic carbocycles. The molecule has 0 fully saturated rings. The summed E-state index contributed by atoms with van der Waals surface area (Å²) in [5.74, 6) is 0.738. The normalized spacial score (nSPS) is 10.7. The molecular weight excluding hydrogens is 328 g/mol. The second kappa shape index (κ2) is 8.91. The van der Waals surface area contributed by atoms with Crippen molar-refractivity contribution in [2.75, 3.05) is 6.54 Å². The number of nitriles is 1. The van der Waals surface area contributed by atoms with Crippen LogP contribution >= 0.6 is 0 Å². The number of carbonyl (C=O) groups is 1. The Kier molecular flexibility index (Phi) is 6.62. The third kappa shape index (κ3) is 6.48. The lowest BCUT2D eigenvalue weighted by atomic mass is 10.1. The fourth-order valence-corrected chi connectivity index (χ4v) is 2.29. The number of hydrogen-bond acceptors (Lipinski definition) is 4. The van der Waals surface area contributed by atoms with E-state index in [0.29, 0.717) is 25.1 Å². The topological polar surface area (TPSA) is 71.3 Å². The first kappa shape index (κ1) is 19.3. The molecule has 0 aromatic heterocycles. The van der Waals surface area contributed by atoms with E-state index < -0.39 is 11.7 Å². The summed E-state index contributed by atoms with van der Waals surface area (Å²) in [5.41, 5.74) is 2.08. The van der Waals surface area contributed by atoms with Crippen molar-refractivity contribution in [3.8, 4) is 11.8 Å². The number of hydrogen-bond donors (Lipinski definition) is 1. The zero-order valence-electron chi connectivity index (χ0n) is 15.4. The Balaban J connectivity index is 1.79. The zero-order chi connectivity index (χ0) is 19.0. The fourth-order valence-electron chi connectivity index (χ4n) is 2.29. The minimum atomic E-state index is -0.493. The minimum Gasteiger partial charge on any atom is -0.489 e. The van der Waals surface area contributed by atoms with Crippen LogP contribution < -0.4 is 10.1 Å². The molecule has 0 radical (unpaired) electrons. The van der Waals surface area contributed by atoms with Crippen molar-refractivity contribution in [1.29, 1.82) is 5.26 Å². The van der Waals surface area contributed by atoms with Gasteiger partial charge in [0, 0.05) is 12.1 Å². The molecule has 0 heterocycles. The SMILES string of the molecule is CC(C)(C)OC(=O)NCCc1ccc(OCc2ccccc2C#N)cc1. The Bertz CT molecular complexity index is 771. The predicted octanol–water partition coefficient (Wildman–Crippen LogP) is 4.20. The van der Waals surface area contributed by atoms with Crippen LogP contribution in [0.1, 0.15) is 37.5 Å². The van der Waals surface area contributed by atoms with Crippen LogP contribution in [0.25, 0.3) is 0 Å². The monoisotopic (exact) mass is 352 g/mol. The summed E-state index contributed by atoms with van der Waals surface area (Å²) in [4.78, 5) is 11.6. The average molecular weight is 352 g/mol. The Morgan fingerprint density at radius 1 is 1.12 bits per heavy atom. The van der Waals surface area contributed by atoms with Crippen molar-refractivity contribution in [3.05, 3.63) is 65.2 Å². The van der Waals surface area contributed by atoms with Gasteiger partial charge in [0.1, 0.15) is 18.0 Å². The Morgan fingerprint density at radius 3 is 2.46 bits per heavy atom. The molecule has 0 aliphatic heterocycles. The molecule has 0 spiro atoms. The molecule has 0 aliphatic rings. The summed E-state index contributed by atoms with van der Waals surface area (Å²) in [7, 11) is 0. The third-order valence-electron chi connectivity index (χ3n) is 3.54. The second-order valence-corrected chi connectivity index (χ2v) is 6.88. The summed E-state index contributed by atoms with van der Waals surface area (Å²) >= 11 is 0. The molecule has 2 aromatic rings. The quantitative estimate of drug-likeness (QED) is 0.845. The third-order valence-corrected chi connectivity index (χ3v) is 3.54. The summed E-state index contributed by atoms with van der Waals surface area (Å²) in [6.07, 6.45) is 0.296. The molecule has 2 aromatic carbocycles. The van der Waals surface area contributed by atoms with Gasteiger partial charge in [-0.25, -0.2) is 4.79 Å². The fraction of sp³-hybridized carbons (Fsp3) is 0.333. The average Bonchev–Trinajstić information content (AvgIpc) is 2.59. The largest absolute Gasteiger partial charge is 0.489 e. The van der Waals surface area contributed by atoms with Crippen LogP contribution in [0.15, 0.2) is 48.5 Å². The van der Waals surface area contributed by atoms with Gasteiger partial charge in [-0.15, -0.1) is 0 Å². The minimum absolute atomic E-state index is 0.350. The molecule has 136 valence electrons. The number of benzene rings is 2. The van der Waals surface area contributed by atoms with E-state index in [0.717, 1.165) is 16.9 Å². The highest BCUT2D eigenvalue weighted by Crippen LogP contribution is 2.16. The van der Waals surface area contributed by atoms with Gasteiger partial charge in [0.2, 0.25) is 0 Å². The smallest absolute Gasteiger partial charge is 0.407 e. The maximum atomic E-state index is 11.6. The zero-order valence-corrected chi connectivity index (χ0v) is 15.4. The van der Waals surface area contributed by atoms with Crippen LogP contribution in [0.5, 0.6) is 5.75 Å². The van der Waals surface area contributed by atoms with Gasteiger partial charge in [-0.3, -0.25) is 0 Å². The van der Waals surface area contributed by atoms with Gasteiger partial charge < -0.3 is 14.8 Å². The number of nitrogens with zero attached hydrogens (tertiary/aromatic N) is 1. The lowest BCUT2D eigenvalue weighted by Crippen LogP contribution is -2.33. The molecule has 0 atom stereocenters. The first-order valence-electron chi connectivity index (χ1n) is 8.54. The van der Waals surface area contributed by atoms with Gasteiger partial charge in [0.25, 0.3) is 0 Å². The van der Waals surface area contributed by atoms with Gasteiger partial charge >= 0.3 is 6.09 Å². The summed E-state index contributed by atoms with van der Waals surface area (Å²) in [6.45, 7) is 6.36. The number of alkyl carbamates (subject to hydrolysis) is 1. The van der Waals surface area contributed by atoms with Crippen molar-refractivity contribution in [2.24, 2.45) is 0 Å². The van der Waals surface area contributed by atoms with Crippen LogP contribution in [-0.4, -0.2) is 18.2 Å². The Hall–Kier alpha value is -3.00. The number of amides is 1. The van der Waals surface area contributed by atoms with E-state index in [-0.39, 0.29) is 0 Å². The van der Waals surface area contributed by atoms with Gasteiger partial charge in [0.05, 0.1) is 11.6 Å². The standard InChI is InChI=1S/C21H24N2O3/c1-21(2,3)26-20(24)23-13-12-16-8-10-19(11-9-16)25-15-18-7-5-4-6-17(18)14-22/h4-11H,12-13,15H2,1-3H3,(H,23,24). The molecule has 1 N–H and O–H groups in total. The Labute approximate surface area is 154 Å². The summed E-state index contributed by atoms with van der Waals surface area (Å²) in [6, 6.07) is 17.2.